The second-order valence-corrected chi connectivity index (χ2v) is 17.2. The van der Waals surface area contributed by atoms with Crippen molar-refractivity contribution in [3.8, 4) is 0 Å². The smallest absolute Gasteiger partial charge is 0.220 e. The van der Waals surface area contributed by atoms with Gasteiger partial charge in [-0.05, 0) is 32.1 Å². The predicted octanol–water partition coefficient (Wildman–Crippen LogP) is 0.0809. The van der Waals surface area contributed by atoms with Crippen LogP contribution in [0.15, 0.2) is 24.3 Å². The highest BCUT2D eigenvalue weighted by atomic mass is 16.8. The van der Waals surface area contributed by atoms with Gasteiger partial charge in [0, 0.05) is 6.42 Å². The van der Waals surface area contributed by atoms with Crippen molar-refractivity contribution in [1.82, 2.24) is 5.32 Å². The largest absolute Gasteiger partial charge is 0.394 e. The van der Waals surface area contributed by atoms with Crippen molar-refractivity contribution in [2.24, 2.45) is 0 Å². The summed E-state index contributed by atoms with van der Waals surface area (Å²) in [5.41, 5.74) is 0. The van der Waals surface area contributed by atoms with E-state index >= 15 is 0 Å². The average Bonchev–Trinajstić information content (AvgIpc) is 3.29. The van der Waals surface area contributed by atoms with Crippen LogP contribution in [0.3, 0.4) is 0 Å². The summed E-state index contributed by atoms with van der Waals surface area (Å²) in [5, 5.41) is 119. The highest BCUT2D eigenvalue weighted by Crippen LogP contribution is 2.33. The van der Waals surface area contributed by atoms with Crippen LogP contribution in [0.25, 0.3) is 0 Å². The second-order valence-electron chi connectivity index (χ2n) is 17.2. The van der Waals surface area contributed by atoms with Crippen molar-refractivity contribution in [3.63, 3.8) is 0 Å². The Labute approximate surface area is 378 Å². The standard InChI is InChI=1S/C45H81NO18/c1-3-5-7-9-11-12-13-14-15-17-18-20-22-29(50)28(46-33(51)23-21-19-16-10-8-6-4-2)27-59-43-39(57)36(54)41(31(25-48)61-43)64-45-40(58)37(55)42(32(26-49)62-45)63-44-38(56)35(53)34(52)30(24-47)60-44/h14-15,20,22,28-32,34-45,47-50,52-58H,3-13,16-19,21,23-27H2,1-2H3,(H,46,51)/b15-14+,22-20+. The third kappa shape index (κ3) is 18.1. The van der Waals surface area contributed by atoms with E-state index in [1.807, 2.05) is 6.08 Å². The summed E-state index contributed by atoms with van der Waals surface area (Å²) in [7, 11) is 0. The van der Waals surface area contributed by atoms with Crippen molar-refractivity contribution in [2.75, 3.05) is 26.4 Å². The van der Waals surface area contributed by atoms with Crippen LogP contribution in [-0.2, 0) is 33.2 Å². The molecule has 19 nitrogen and oxygen atoms in total. The van der Waals surface area contributed by atoms with Gasteiger partial charge < -0.3 is 89.9 Å². The highest BCUT2D eigenvalue weighted by Gasteiger charge is 2.53. The Bertz CT molecular complexity index is 1290. The summed E-state index contributed by atoms with van der Waals surface area (Å²) in [6, 6.07) is -0.980. The van der Waals surface area contributed by atoms with Gasteiger partial charge in [0.05, 0.1) is 38.6 Å². The number of aliphatic hydroxyl groups excluding tert-OH is 11. The number of allylic oxidation sites excluding steroid dienone is 3. The van der Waals surface area contributed by atoms with Gasteiger partial charge in [0.1, 0.15) is 73.2 Å². The summed E-state index contributed by atoms with van der Waals surface area (Å²) in [5.74, 6) is -0.297. The molecule has 64 heavy (non-hydrogen) atoms. The molecule has 19 heteroatoms. The first-order valence-corrected chi connectivity index (χ1v) is 23.6. The predicted molar refractivity (Wildman–Crippen MR) is 231 cm³/mol. The third-order valence-electron chi connectivity index (χ3n) is 12.0. The molecule has 0 radical (unpaired) electrons. The number of carbonyl (C=O) groups is 1. The molecule has 3 rings (SSSR count). The van der Waals surface area contributed by atoms with Gasteiger partial charge in [-0.1, -0.05) is 109 Å². The molecule has 3 saturated heterocycles. The van der Waals surface area contributed by atoms with Gasteiger partial charge in [0.25, 0.3) is 0 Å². The number of amides is 1. The maximum atomic E-state index is 13.0. The minimum atomic E-state index is -1.98. The van der Waals surface area contributed by atoms with Crippen LogP contribution in [0.5, 0.6) is 0 Å². The maximum Gasteiger partial charge on any atom is 0.220 e. The normalized spacial score (nSPS) is 34.7. The van der Waals surface area contributed by atoms with Gasteiger partial charge in [-0.25, -0.2) is 0 Å². The minimum Gasteiger partial charge on any atom is -0.394 e. The van der Waals surface area contributed by atoms with Gasteiger partial charge in [-0.2, -0.15) is 0 Å². The Hall–Kier alpha value is -1.73. The number of ether oxygens (including phenoxy) is 6. The molecule has 0 bridgehead atoms. The van der Waals surface area contributed by atoms with Crippen molar-refractivity contribution in [1.29, 1.82) is 0 Å². The van der Waals surface area contributed by atoms with E-state index in [0.717, 1.165) is 51.4 Å². The van der Waals surface area contributed by atoms with Crippen LogP contribution in [-0.4, -0.2) is 193 Å². The summed E-state index contributed by atoms with van der Waals surface area (Å²) < 4.78 is 33.9. The maximum absolute atomic E-state index is 13.0. The van der Waals surface area contributed by atoms with Gasteiger partial charge in [-0.15, -0.1) is 0 Å². The van der Waals surface area contributed by atoms with E-state index in [4.69, 9.17) is 28.4 Å². The van der Waals surface area contributed by atoms with Crippen molar-refractivity contribution in [3.05, 3.63) is 24.3 Å². The number of unbranched alkanes of at least 4 members (excludes halogenated alkanes) is 13. The zero-order valence-electron chi connectivity index (χ0n) is 37.8. The van der Waals surface area contributed by atoms with E-state index in [1.165, 1.54) is 38.5 Å². The number of hydrogen-bond donors (Lipinski definition) is 12. The first-order valence-electron chi connectivity index (χ1n) is 23.6. The van der Waals surface area contributed by atoms with Crippen LogP contribution in [0, 0.1) is 0 Å². The Kier molecular flexibility index (Phi) is 27.7. The Morgan fingerprint density at radius 1 is 0.547 bits per heavy atom. The Balaban J connectivity index is 1.61. The van der Waals surface area contributed by atoms with Crippen LogP contribution < -0.4 is 5.32 Å². The second kappa shape index (κ2) is 31.3. The molecule has 0 spiro atoms. The van der Waals surface area contributed by atoms with Crippen molar-refractivity contribution >= 4 is 5.91 Å². The Morgan fingerprint density at radius 3 is 1.56 bits per heavy atom. The summed E-state index contributed by atoms with van der Waals surface area (Å²) in [6.07, 6.45) is -1.94. The Morgan fingerprint density at radius 2 is 1.00 bits per heavy atom. The lowest BCUT2D eigenvalue weighted by molar-refractivity contribution is -0.379. The van der Waals surface area contributed by atoms with Crippen molar-refractivity contribution in [2.45, 2.75) is 227 Å². The van der Waals surface area contributed by atoms with Gasteiger partial charge >= 0.3 is 0 Å². The molecular weight excluding hydrogens is 842 g/mol. The number of hydrogen-bond acceptors (Lipinski definition) is 18. The summed E-state index contributed by atoms with van der Waals surface area (Å²) >= 11 is 0. The number of nitrogens with one attached hydrogen (secondary N) is 1. The molecule has 1 amide bonds. The highest BCUT2D eigenvalue weighted by molar-refractivity contribution is 5.76. The van der Waals surface area contributed by atoms with E-state index in [-0.39, 0.29) is 18.9 Å². The fraction of sp³-hybridized carbons (Fsp3) is 0.889. The van der Waals surface area contributed by atoms with E-state index in [0.29, 0.717) is 12.8 Å². The van der Waals surface area contributed by atoms with Crippen LogP contribution in [0.2, 0.25) is 0 Å². The minimum absolute atomic E-state index is 0.235. The summed E-state index contributed by atoms with van der Waals surface area (Å²) in [6.45, 7) is 1.56. The van der Waals surface area contributed by atoms with E-state index in [2.05, 4.69) is 31.3 Å². The number of rotatable bonds is 31. The van der Waals surface area contributed by atoms with Crippen LogP contribution in [0.1, 0.15) is 123 Å². The third-order valence-corrected chi connectivity index (χ3v) is 12.0. The van der Waals surface area contributed by atoms with E-state index < -0.39 is 124 Å². The topological polar surface area (TPSA) is 307 Å². The number of carbonyl (C=O) groups excluding carboxylic acids is 1. The summed E-state index contributed by atoms with van der Waals surface area (Å²) in [4.78, 5) is 13.0. The SMILES string of the molecule is CCCCCCCC/C=C/CC/C=C/C(O)C(COC1OC(CO)C(OC2OC(CO)C(OC3OC(CO)C(O)C(O)C3O)C(O)C2O)C(O)C1O)NC(=O)CCCCCCCCC. The van der Waals surface area contributed by atoms with Gasteiger partial charge in [-0.3, -0.25) is 4.79 Å². The van der Waals surface area contributed by atoms with E-state index in [9.17, 15) is 61.0 Å². The zero-order chi connectivity index (χ0) is 47.0. The molecule has 3 aliphatic heterocycles. The monoisotopic (exact) mass is 924 g/mol. The molecular formula is C45H81NO18. The molecule has 12 N–H and O–H groups in total. The molecule has 3 aliphatic rings. The zero-order valence-corrected chi connectivity index (χ0v) is 37.8. The fourth-order valence-corrected chi connectivity index (χ4v) is 7.97. The molecule has 0 aromatic rings. The molecule has 17 atom stereocenters. The molecule has 0 aromatic heterocycles. The number of aliphatic hydroxyl groups is 11. The fourth-order valence-electron chi connectivity index (χ4n) is 7.97. The molecule has 17 unspecified atom stereocenters. The molecule has 3 fully saturated rings. The van der Waals surface area contributed by atoms with Gasteiger partial charge in [0.2, 0.25) is 5.91 Å². The lowest BCUT2D eigenvalue weighted by atomic mass is 9.96. The lowest BCUT2D eigenvalue weighted by Gasteiger charge is -2.48. The van der Waals surface area contributed by atoms with Crippen molar-refractivity contribution < 1.29 is 89.4 Å². The first kappa shape index (κ1) is 56.6. The van der Waals surface area contributed by atoms with Crippen LogP contribution in [0.4, 0.5) is 0 Å². The first-order chi connectivity index (χ1) is 30.8. The molecule has 374 valence electrons. The van der Waals surface area contributed by atoms with Crippen LogP contribution >= 0.6 is 0 Å². The lowest BCUT2D eigenvalue weighted by Crippen LogP contribution is -2.66. The van der Waals surface area contributed by atoms with Gasteiger partial charge in [0.15, 0.2) is 18.9 Å². The molecule has 0 aromatic carbocycles. The molecule has 0 aliphatic carbocycles. The average molecular weight is 924 g/mol. The quantitative estimate of drug-likeness (QED) is 0.0324. The molecule has 3 heterocycles. The van der Waals surface area contributed by atoms with E-state index in [1.54, 1.807) is 6.08 Å². The molecule has 0 saturated carbocycles.